The minimum atomic E-state index is 0.686. The maximum Gasteiger partial charge on any atom is 0.195 e. The van der Waals surface area contributed by atoms with E-state index in [4.69, 9.17) is 16.0 Å². The predicted octanol–water partition coefficient (Wildman–Crippen LogP) is 5.42. The van der Waals surface area contributed by atoms with Gasteiger partial charge in [-0.15, -0.1) is 0 Å². The van der Waals surface area contributed by atoms with Crippen molar-refractivity contribution in [2.24, 2.45) is 0 Å². The average molecular weight is 366 g/mol. The lowest BCUT2D eigenvalue weighted by molar-refractivity contribution is 0.538. The predicted molar refractivity (Wildman–Crippen MR) is 89.9 cm³/mol. The summed E-state index contributed by atoms with van der Waals surface area (Å²) < 4.78 is 6.64. The highest BCUT2D eigenvalue weighted by atomic mass is 79.9. The molecule has 0 spiro atoms. The Morgan fingerprint density at radius 1 is 1.24 bits per heavy atom. The van der Waals surface area contributed by atoms with Gasteiger partial charge in [0.1, 0.15) is 5.52 Å². The minimum absolute atomic E-state index is 0.686. The molecular formula is C16H14BrClN2O. The van der Waals surface area contributed by atoms with Crippen LogP contribution < -0.4 is 5.32 Å². The molecule has 1 heterocycles. The van der Waals surface area contributed by atoms with Crippen LogP contribution in [0.15, 0.2) is 45.3 Å². The Morgan fingerprint density at radius 2 is 2.10 bits per heavy atom. The van der Waals surface area contributed by atoms with Crippen molar-refractivity contribution in [2.75, 3.05) is 5.32 Å². The molecule has 0 aliphatic carbocycles. The molecule has 0 aliphatic heterocycles. The van der Waals surface area contributed by atoms with E-state index >= 15 is 0 Å². The van der Waals surface area contributed by atoms with Gasteiger partial charge in [0.2, 0.25) is 0 Å². The molecule has 0 radical (unpaired) electrons. The van der Waals surface area contributed by atoms with E-state index in [0.29, 0.717) is 6.54 Å². The molecule has 5 heteroatoms. The maximum absolute atomic E-state index is 6.02. The van der Waals surface area contributed by atoms with Gasteiger partial charge in [0, 0.05) is 28.1 Å². The van der Waals surface area contributed by atoms with E-state index < -0.39 is 0 Å². The second-order valence-corrected chi connectivity index (χ2v) is 6.02. The van der Waals surface area contributed by atoms with Crippen molar-refractivity contribution in [3.8, 4) is 0 Å². The molecule has 0 amide bonds. The second-order valence-electron chi connectivity index (χ2n) is 4.73. The first-order valence-electron chi connectivity index (χ1n) is 6.73. The zero-order valence-corrected chi connectivity index (χ0v) is 13.8. The minimum Gasteiger partial charge on any atom is -0.441 e. The fourth-order valence-corrected chi connectivity index (χ4v) is 2.69. The highest BCUT2D eigenvalue weighted by Gasteiger charge is 2.06. The molecule has 108 valence electrons. The van der Waals surface area contributed by atoms with Gasteiger partial charge in [0.15, 0.2) is 11.5 Å². The Morgan fingerprint density at radius 3 is 2.90 bits per heavy atom. The molecule has 3 rings (SSSR count). The number of benzene rings is 2. The molecule has 0 fully saturated rings. The quantitative estimate of drug-likeness (QED) is 0.671. The molecule has 0 aliphatic rings. The maximum atomic E-state index is 6.02. The fourth-order valence-electron chi connectivity index (χ4n) is 2.11. The van der Waals surface area contributed by atoms with Gasteiger partial charge in [-0.2, -0.15) is 0 Å². The van der Waals surface area contributed by atoms with Crippen molar-refractivity contribution in [3.05, 3.63) is 57.3 Å². The van der Waals surface area contributed by atoms with Gasteiger partial charge in [-0.3, -0.25) is 0 Å². The molecule has 2 aromatic carbocycles. The van der Waals surface area contributed by atoms with Crippen molar-refractivity contribution < 1.29 is 4.42 Å². The van der Waals surface area contributed by atoms with Crippen LogP contribution in [-0.2, 0) is 13.0 Å². The summed E-state index contributed by atoms with van der Waals surface area (Å²) >= 11 is 9.55. The third-order valence-corrected chi connectivity index (χ3v) is 4.23. The number of halogens is 2. The van der Waals surface area contributed by atoms with Gasteiger partial charge in [-0.05, 0) is 42.0 Å². The van der Waals surface area contributed by atoms with E-state index in [2.05, 4.69) is 26.2 Å². The van der Waals surface area contributed by atoms with Crippen molar-refractivity contribution in [3.63, 3.8) is 0 Å². The van der Waals surface area contributed by atoms with Crippen molar-refractivity contribution >= 4 is 44.3 Å². The highest BCUT2D eigenvalue weighted by molar-refractivity contribution is 9.10. The van der Waals surface area contributed by atoms with Crippen LogP contribution >= 0.6 is 27.5 Å². The zero-order chi connectivity index (χ0) is 14.8. The van der Waals surface area contributed by atoms with Gasteiger partial charge >= 0.3 is 0 Å². The number of fused-ring (bicyclic) bond motifs is 1. The van der Waals surface area contributed by atoms with Crippen LogP contribution in [0.2, 0.25) is 5.02 Å². The van der Waals surface area contributed by atoms with Gasteiger partial charge in [-0.25, -0.2) is 4.98 Å². The highest BCUT2D eigenvalue weighted by Crippen LogP contribution is 2.24. The number of anilines is 1. The lowest BCUT2D eigenvalue weighted by atomic mass is 10.2. The first-order chi connectivity index (χ1) is 10.2. The molecule has 0 unspecified atom stereocenters. The van der Waals surface area contributed by atoms with Crippen LogP contribution in [-0.4, -0.2) is 4.98 Å². The van der Waals surface area contributed by atoms with E-state index in [1.54, 1.807) is 0 Å². The second kappa shape index (κ2) is 6.08. The van der Waals surface area contributed by atoms with Gasteiger partial charge in [0.05, 0.1) is 0 Å². The molecule has 1 aromatic heterocycles. The van der Waals surface area contributed by atoms with Crippen LogP contribution in [0.5, 0.6) is 0 Å². The Bertz CT molecular complexity index is 785. The van der Waals surface area contributed by atoms with Gasteiger partial charge in [0.25, 0.3) is 0 Å². The van der Waals surface area contributed by atoms with Crippen molar-refractivity contribution in [1.82, 2.24) is 4.98 Å². The molecule has 0 atom stereocenters. The summed E-state index contributed by atoms with van der Waals surface area (Å²) in [7, 11) is 0. The summed E-state index contributed by atoms with van der Waals surface area (Å²) in [5, 5.41) is 4.11. The van der Waals surface area contributed by atoms with E-state index in [9.17, 15) is 0 Å². The summed E-state index contributed by atoms with van der Waals surface area (Å²) in [6, 6.07) is 11.7. The zero-order valence-electron chi connectivity index (χ0n) is 11.5. The number of nitrogens with one attached hydrogen (secondary N) is 1. The standard InChI is InChI=1S/C16H14BrClN2O/c1-2-16-20-14-8-12(4-6-15(14)21-16)19-9-10-7-11(18)3-5-13(10)17/h3-8,19H,2,9H2,1H3. The van der Waals surface area contributed by atoms with E-state index in [-0.39, 0.29) is 0 Å². The van der Waals surface area contributed by atoms with Crippen molar-refractivity contribution in [2.45, 2.75) is 19.9 Å². The molecule has 3 aromatic rings. The first-order valence-corrected chi connectivity index (χ1v) is 7.90. The van der Waals surface area contributed by atoms with E-state index in [0.717, 1.165) is 44.2 Å². The number of oxazole rings is 1. The SMILES string of the molecule is CCc1nc2cc(NCc3cc(Cl)ccc3Br)ccc2o1. The summed E-state index contributed by atoms with van der Waals surface area (Å²) in [5.41, 5.74) is 3.81. The topological polar surface area (TPSA) is 38.1 Å². The Balaban J connectivity index is 1.80. The molecule has 0 bridgehead atoms. The third kappa shape index (κ3) is 3.22. The molecule has 1 N–H and O–H groups in total. The normalized spacial score (nSPS) is 11.0. The summed E-state index contributed by atoms with van der Waals surface area (Å²) in [5.74, 6) is 0.764. The number of hydrogen-bond acceptors (Lipinski definition) is 3. The monoisotopic (exact) mass is 364 g/mol. The van der Waals surface area contributed by atoms with Crippen LogP contribution in [0.25, 0.3) is 11.1 Å². The molecular weight excluding hydrogens is 352 g/mol. The summed E-state index contributed by atoms with van der Waals surface area (Å²) in [4.78, 5) is 4.44. The molecule has 21 heavy (non-hydrogen) atoms. The van der Waals surface area contributed by atoms with Crippen molar-refractivity contribution in [1.29, 1.82) is 0 Å². The Hall–Kier alpha value is -1.52. The smallest absolute Gasteiger partial charge is 0.195 e. The number of rotatable bonds is 4. The summed E-state index contributed by atoms with van der Waals surface area (Å²) in [6.45, 7) is 2.71. The van der Waals surface area contributed by atoms with Gasteiger partial charge < -0.3 is 9.73 Å². The lowest BCUT2D eigenvalue weighted by Gasteiger charge is -2.08. The molecule has 3 nitrogen and oxygen atoms in total. The number of aryl methyl sites for hydroxylation is 1. The molecule has 0 saturated heterocycles. The Labute approximate surface area is 136 Å². The van der Waals surface area contributed by atoms with Gasteiger partial charge in [-0.1, -0.05) is 34.5 Å². The summed E-state index contributed by atoms with van der Waals surface area (Å²) in [6.07, 6.45) is 0.799. The lowest BCUT2D eigenvalue weighted by Crippen LogP contribution is -2.00. The fraction of sp³-hybridized carbons (Fsp3) is 0.188. The third-order valence-electron chi connectivity index (χ3n) is 3.23. The van der Waals surface area contributed by atoms with Crippen LogP contribution in [0.1, 0.15) is 18.4 Å². The largest absolute Gasteiger partial charge is 0.441 e. The number of aromatic nitrogens is 1. The molecule has 0 saturated carbocycles. The number of hydrogen-bond donors (Lipinski definition) is 1. The average Bonchev–Trinajstić information content (AvgIpc) is 2.90. The Kier molecular flexibility index (Phi) is 4.17. The number of nitrogens with zero attached hydrogens (tertiary/aromatic N) is 1. The van der Waals surface area contributed by atoms with E-state index in [1.807, 2.05) is 43.3 Å². The first kappa shape index (κ1) is 14.4. The van der Waals surface area contributed by atoms with E-state index in [1.165, 1.54) is 0 Å². The van der Waals surface area contributed by atoms with Crippen LogP contribution in [0, 0.1) is 0 Å². The van der Waals surface area contributed by atoms with Crippen LogP contribution in [0.3, 0.4) is 0 Å². The van der Waals surface area contributed by atoms with Crippen LogP contribution in [0.4, 0.5) is 5.69 Å².